The van der Waals surface area contributed by atoms with Crippen LogP contribution in [0.2, 0.25) is 0 Å². The maximum atomic E-state index is 5.24. The molecule has 0 aromatic rings. The lowest BCUT2D eigenvalue weighted by atomic mass is 9.97. The Morgan fingerprint density at radius 2 is 2.00 bits per heavy atom. The van der Waals surface area contributed by atoms with Crippen molar-refractivity contribution < 1.29 is 4.84 Å². The maximum Gasteiger partial charge on any atom is 0.0914 e. The number of hydrogen-bond acceptors (Lipinski definition) is 3. The molecule has 1 aliphatic rings. The summed E-state index contributed by atoms with van der Waals surface area (Å²) < 4.78 is 0. The molecule has 1 rings (SSSR count). The largest absolute Gasteiger partial charge is 0.300 e. The molecule has 78 valence electrons. The first-order valence-corrected chi connectivity index (χ1v) is 5.28. The Morgan fingerprint density at radius 3 is 2.54 bits per heavy atom. The minimum atomic E-state index is 0.155. The number of nitrogens with zero attached hydrogens (tertiary/aromatic N) is 1. The van der Waals surface area contributed by atoms with E-state index in [4.69, 9.17) is 10.7 Å². The number of rotatable bonds is 3. The van der Waals surface area contributed by atoms with Gasteiger partial charge in [-0.3, -0.25) is 9.74 Å². The molecule has 0 spiro atoms. The third-order valence-electron chi connectivity index (χ3n) is 3.01. The van der Waals surface area contributed by atoms with Crippen molar-refractivity contribution in [3.63, 3.8) is 0 Å². The van der Waals surface area contributed by atoms with E-state index < -0.39 is 0 Å². The molecule has 2 atom stereocenters. The van der Waals surface area contributed by atoms with Crippen LogP contribution in [0.3, 0.4) is 0 Å². The average molecular weight is 186 g/mol. The molecule has 0 bridgehead atoms. The third-order valence-corrected chi connectivity index (χ3v) is 3.01. The Balaban J connectivity index is 2.56. The zero-order chi connectivity index (χ0) is 9.84. The standard InChI is InChI=1S/C10H22N2O/c1-8(2)12-7-5-4-6-10(12)9(3)13-11/h8-10H,4-7,11H2,1-3H3. The average Bonchev–Trinajstić information content (AvgIpc) is 2.16. The highest BCUT2D eigenvalue weighted by atomic mass is 16.6. The molecule has 0 amide bonds. The lowest BCUT2D eigenvalue weighted by molar-refractivity contribution is -0.0304. The molecular formula is C10H22N2O. The van der Waals surface area contributed by atoms with Crippen LogP contribution >= 0.6 is 0 Å². The number of nitrogens with two attached hydrogens (primary N) is 1. The zero-order valence-corrected chi connectivity index (χ0v) is 8.99. The number of piperidine rings is 1. The Bertz CT molecular complexity index is 150. The molecule has 3 nitrogen and oxygen atoms in total. The summed E-state index contributed by atoms with van der Waals surface area (Å²) in [5, 5.41) is 0. The molecule has 2 unspecified atom stereocenters. The van der Waals surface area contributed by atoms with Crippen LogP contribution in [0.25, 0.3) is 0 Å². The summed E-state index contributed by atoms with van der Waals surface area (Å²) in [4.78, 5) is 7.43. The van der Waals surface area contributed by atoms with Crippen molar-refractivity contribution in [3.05, 3.63) is 0 Å². The summed E-state index contributed by atoms with van der Waals surface area (Å²) >= 11 is 0. The van der Waals surface area contributed by atoms with Crippen molar-refractivity contribution in [1.29, 1.82) is 0 Å². The Morgan fingerprint density at radius 1 is 1.31 bits per heavy atom. The monoisotopic (exact) mass is 186 g/mol. The summed E-state index contributed by atoms with van der Waals surface area (Å²) in [5.41, 5.74) is 0. The Kier molecular flexibility index (Phi) is 4.16. The van der Waals surface area contributed by atoms with Crippen LogP contribution in [-0.4, -0.2) is 29.6 Å². The predicted molar refractivity (Wildman–Crippen MR) is 54.2 cm³/mol. The molecule has 0 radical (unpaired) electrons. The highest BCUT2D eigenvalue weighted by Gasteiger charge is 2.29. The molecule has 1 heterocycles. The van der Waals surface area contributed by atoms with Gasteiger partial charge in [0.2, 0.25) is 0 Å². The van der Waals surface area contributed by atoms with E-state index in [0.717, 1.165) is 0 Å². The molecule has 2 N–H and O–H groups in total. The Hall–Kier alpha value is -0.120. The van der Waals surface area contributed by atoms with Crippen molar-refractivity contribution in [1.82, 2.24) is 4.90 Å². The maximum absolute atomic E-state index is 5.24. The van der Waals surface area contributed by atoms with Gasteiger partial charge in [-0.05, 0) is 40.2 Å². The number of likely N-dealkylation sites (tertiary alicyclic amines) is 1. The second kappa shape index (κ2) is 4.94. The first-order valence-electron chi connectivity index (χ1n) is 5.28. The van der Waals surface area contributed by atoms with E-state index >= 15 is 0 Å². The van der Waals surface area contributed by atoms with E-state index in [-0.39, 0.29) is 6.10 Å². The minimum Gasteiger partial charge on any atom is -0.300 e. The van der Waals surface area contributed by atoms with Gasteiger partial charge in [0.1, 0.15) is 0 Å². The lowest BCUT2D eigenvalue weighted by Gasteiger charge is -2.40. The smallest absolute Gasteiger partial charge is 0.0914 e. The molecule has 13 heavy (non-hydrogen) atoms. The van der Waals surface area contributed by atoms with E-state index in [1.54, 1.807) is 0 Å². The van der Waals surface area contributed by atoms with Gasteiger partial charge in [0.05, 0.1) is 6.10 Å². The molecule has 0 saturated carbocycles. The molecule has 1 saturated heterocycles. The first kappa shape index (κ1) is 11.0. The van der Waals surface area contributed by atoms with Gasteiger partial charge < -0.3 is 0 Å². The van der Waals surface area contributed by atoms with Crippen LogP contribution in [0.5, 0.6) is 0 Å². The molecule has 3 heteroatoms. The molecule has 1 aliphatic heterocycles. The highest BCUT2D eigenvalue weighted by molar-refractivity contribution is 4.83. The summed E-state index contributed by atoms with van der Waals surface area (Å²) in [6, 6.07) is 1.11. The topological polar surface area (TPSA) is 38.5 Å². The fraction of sp³-hybridized carbons (Fsp3) is 1.00. The highest BCUT2D eigenvalue weighted by Crippen LogP contribution is 2.22. The summed E-state index contributed by atoms with van der Waals surface area (Å²) in [6.45, 7) is 7.73. The van der Waals surface area contributed by atoms with Crippen LogP contribution in [0, 0.1) is 0 Å². The van der Waals surface area contributed by atoms with Crippen LogP contribution in [0.15, 0.2) is 0 Å². The van der Waals surface area contributed by atoms with Gasteiger partial charge in [-0.2, -0.15) is 0 Å². The SMILES string of the molecule is CC(ON)C1CCCCN1C(C)C. The van der Waals surface area contributed by atoms with Gasteiger partial charge in [0, 0.05) is 12.1 Å². The summed E-state index contributed by atoms with van der Waals surface area (Å²) in [7, 11) is 0. The van der Waals surface area contributed by atoms with Crippen molar-refractivity contribution in [3.8, 4) is 0 Å². The molecular weight excluding hydrogens is 164 g/mol. The van der Waals surface area contributed by atoms with Crippen LogP contribution in [0.4, 0.5) is 0 Å². The second-order valence-electron chi connectivity index (χ2n) is 4.24. The molecule has 0 aliphatic carbocycles. The second-order valence-corrected chi connectivity index (χ2v) is 4.24. The van der Waals surface area contributed by atoms with Crippen LogP contribution in [0.1, 0.15) is 40.0 Å². The third kappa shape index (κ3) is 2.66. The van der Waals surface area contributed by atoms with Gasteiger partial charge in [-0.25, -0.2) is 5.90 Å². The van der Waals surface area contributed by atoms with Gasteiger partial charge in [-0.1, -0.05) is 6.42 Å². The first-order chi connectivity index (χ1) is 6.16. The van der Waals surface area contributed by atoms with E-state index in [1.165, 1.54) is 25.8 Å². The normalized spacial score (nSPS) is 27.9. The molecule has 1 fully saturated rings. The molecule has 0 aromatic carbocycles. The van der Waals surface area contributed by atoms with E-state index in [2.05, 4.69) is 25.7 Å². The predicted octanol–water partition coefficient (Wildman–Crippen LogP) is 1.53. The lowest BCUT2D eigenvalue weighted by Crippen LogP contribution is -2.50. The van der Waals surface area contributed by atoms with Gasteiger partial charge >= 0.3 is 0 Å². The van der Waals surface area contributed by atoms with Crippen molar-refractivity contribution in [2.45, 2.75) is 58.2 Å². The van der Waals surface area contributed by atoms with Crippen LogP contribution < -0.4 is 5.90 Å². The van der Waals surface area contributed by atoms with Crippen molar-refractivity contribution in [2.24, 2.45) is 5.90 Å². The van der Waals surface area contributed by atoms with Gasteiger partial charge in [0.25, 0.3) is 0 Å². The van der Waals surface area contributed by atoms with E-state index in [0.29, 0.717) is 12.1 Å². The fourth-order valence-electron chi connectivity index (χ4n) is 2.22. The van der Waals surface area contributed by atoms with Crippen molar-refractivity contribution in [2.75, 3.05) is 6.54 Å². The van der Waals surface area contributed by atoms with Crippen molar-refractivity contribution >= 4 is 0 Å². The summed E-state index contributed by atoms with van der Waals surface area (Å²) in [5.74, 6) is 5.24. The summed E-state index contributed by atoms with van der Waals surface area (Å²) in [6.07, 6.45) is 3.99. The molecule has 0 aromatic heterocycles. The van der Waals surface area contributed by atoms with E-state index in [9.17, 15) is 0 Å². The number of hydrogen-bond donors (Lipinski definition) is 1. The van der Waals surface area contributed by atoms with E-state index in [1.807, 2.05) is 0 Å². The quantitative estimate of drug-likeness (QED) is 0.679. The Labute approximate surface area is 81.2 Å². The fourth-order valence-corrected chi connectivity index (χ4v) is 2.22. The zero-order valence-electron chi connectivity index (χ0n) is 8.99. The van der Waals surface area contributed by atoms with Crippen LogP contribution in [-0.2, 0) is 4.84 Å². The van der Waals surface area contributed by atoms with Gasteiger partial charge in [-0.15, -0.1) is 0 Å². The van der Waals surface area contributed by atoms with Gasteiger partial charge in [0.15, 0.2) is 0 Å². The minimum absolute atomic E-state index is 0.155.